The van der Waals surface area contributed by atoms with Gasteiger partial charge in [0, 0.05) is 5.41 Å². The van der Waals surface area contributed by atoms with Gasteiger partial charge in [-0.05, 0) is 212 Å². The summed E-state index contributed by atoms with van der Waals surface area (Å²) in [6.45, 7) is 7.05. The van der Waals surface area contributed by atoms with Crippen molar-refractivity contribution >= 4 is 0 Å². The van der Waals surface area contributed by atoms with Gasteiger partial charge < -0.3 is 0 Å². The SMILES string of the molecule is Cc1ccc2c(c1)-c1c(ccc3c1-c1ccccc1C3(C)C)C2(c1cccc(-c2cccc(-c3cc(-c4ccccc4)cc(-c4ccccc4)c3)c2)c1)c1cccc(-c2cccc(-c3cc(-c4ccccc4)cc(-c4ccccc4)c3)c2)c1. The van der Waals surface area contributed by atoms with Crippen molar-refractivity contribution in [3.05, 3.63) is 348 Å². The highest BCUT2D eigenvalue weighted by atomic mass is 14.5. The molecule has 0 nitrogen and oxygen atoms in total. The van der Waals surface area contributed by atoms with Crippen molar-refractivity contribution in [1.29, 1.82) is 0 Å². The van der Waals surface area contributed by atoms with Crippen LogP contribution in [-0.4, -0.2) is 0 Å². The third kappa shape index (κ3) is 8.52. The van der Waals surface area contributed by atoms with Crippen molar-refractivity contribution in [2.45, 2.75) is 31.6 Å². The second-order valence-electron chi connectivity index (χ2n) is 23.3. The first kappa shape index (κ1) is 49.9. The first-order valence-electron chi connectivity index (χ1n) is 29.1. The molecule has 0 aromatic heterocycles. The molecule has 0 amide bonds. The van der Waals surface area contributed by atoms with Crippen LogP contribution < -0.4 is 0 Å². The van der Waals surface area contributed by atoms with Crippen LogP contribution in [0.25, 0.3) is 111 Å². The molecule has 392 valence electrons. The van der Waals surface area contributed by atoms with Crippen LogP contribution in [0.3, 0.4) is 0 Å². The molecule has 15 rings (SSSR count). The molecule has 0 atom stereocenters. The van der Waals surface area contributed by atoms with Crippen molar-refractivity contribution in [1.82, 2.24) is 0 Å². The van der Waals surface area contributed by atoms with Gasteiger partial charge in [0.1, 0.15) is 0 Å². The van der Waals surface area contributed by atoms with Gasteiger partial charge in [-0.2, -0.15) is 0 Å². The molecule has 0 heteroatoms. The van der Waals surface area contributed by atoms with Gasteiger partial charge >= 0.3 is 0 Å². The van der Waals surface area contributed by atoms with Gasteiger partial charge in [-0.3, -0.25) is 0 Å². The second kappa shape index (κ2) is 20.1. The van der Waals surface area contributed by atoms with E-state index in [9.17, 15) is 0 Å². The van der Waals surface area contributed by atoms with E-state index in [0.717, 1.165) is 0 Å². The van der Waals surface area contributed by atoms with Crippen molar-refractivity contribution in [2.24, 2.45) is 0 Å². The number of rotatable bonds is 10. The molecule has 13 aromatic rings. The van der Waals surface area contributed by atoms with Gasteiger partial charge in [-0.1, -0.05) is 268 Å². The molecule has 0 spiro atoms. The van der Waals surface area contributed by atoms with Crippen LogP contribution in [0.4, 0.5) is 0 Å². The minimum atomic E-state index is -0.681. The third-order valence-corrected chi connectivity index (χ3v) is 17.9. The predicted octanol–water partition coefficient (Wildman–Crippen LogP) is 22.0. The normalized spacial score (nSPS) is 13.2. The van der Waals surface area contributed by atoms with E-state index in [1.807, 2.05) is 0 Å². The number of fused-ring (bicyclic) bond motifs is 7. The summed E-state index contributed by atoms with van der Waals surface area (Å²) in [6.07, 6.45) is 0. The quantitative estimate of drug-likeness (QED) is 0.128. The maximum Gasteiger partial charge on any atom is 0.0714 e. The molecule has 0 bridgehead atoms. The summed E-state index contributed by atoms with van der Waals surface area (Å²) in [6, 6.07) is 116. The first-order chi connectivity index (χ1) is 40.8. The van der Waals surface area contributed by atoms with E-state index in [4.69, 9.17) is 0 Å². The average Bonchev–Trinajstić information content (AvgIpc) is 2.00. The first-order valence-corrected chi connectivity index (χ1v) is 29.1. The summed E-state index contributed by atoms with van der Waals surface area (Å²) >= 11 is 0. The lowest BCUT2D eigenvalue weighted by Crippen LogP contribution is -2.29. The van der Waals surface area contributed by atoms with E-state index < -0.39 is 5.41 Å². The maximum absolute atomic E-state index is 2.50. The van der Waals surface area contributed by atoms with Crippen LogP contribution >= 0.6 is 0 Å². The number of hydrogen-bond acceptors (Lipinski definition) is 0. The van der Waals surface area contributed by atoms with Crippen molar-refractivity contribution in [2.75, 3.05) is 0 Å². The van der Waals surface area contributed by atoms with Gasteiger partial charge in [0.2, 0.25) is 0 Å². The molecule has 0 N–H and O–H groups in total. The fourth-order valence-corrected chi connectivity index (χ4v) is 13.9. The van der Waals surface area contributed by atoms with Gasteiger partial charge in [0.15, 0.2) is 0 Å². The zero-order valence-electron chi connectivity index (χ0n) is 46.9. The molecular formula is C83H60. The summed E-state index contributed by atoms with van der Waals surface area (Å²) in [5, 5.41) is 0. The standard InChI is InChI=1S/C83H60/c1-55-40-41-77-75(44-55)81-79(43-42-78-80(81)74-38-16-17-39-76(74)82(78,2)3)83(77,72-36-20-34-64(53-72)60-30-18-32-62(45-60)70-49-66(56-22-8-4-9-23-56)47-67(50-70)57-24-10-5-11-25-57)73-37-21-35-65(54-73)61-31-19-33-63(46-61)71-51-68(58-26-12-6-13-27-58)48-69(52-71)59-28-14-7-15-29-59/h4-54H,1-3H3. The lowest BCUT2D eigenvalue weighted by molar-refractivity contribution is 0.659. The minimum absolute atomic E-state index is 0.156. The smallest absolute Gasteiger partial charge is 0.0622 e. The summed E-state index contributed by atoms with van der Waals surface area (Å²) in [5.74, 6) is 0. The maximum atomic E-state index is 2.50. The lowest BCUT2D eigenvalue weighted by atomic mass is 9.66. The number of benzene rings is 13. The zero-order valence-corrected chi connectivity index (χ0v) is 46.9. The Morgan fingerprint density at radius 1 is 0.205 bits per heavy atom. The van der Waals surface area contributed by atoms with Gasteiger partial charge in [0.05, 0.1) is 5.41 Å². The third-order valence-electron chi connectivity index (χ3n) is 17.9. The molecule has 13 aromatic carbocycles. The number of hydrogen-bond donors (Lipinski definition) is 0. The molecule has 83 heavy (non-hydrogen) atoms. The summed E-state index contributed by atoms with van der Waals surface area (Å²) in [7, 11) is 0. The van der Waals surface area contributed by atoms with Crippen LogP contribution in [0, 0.1) is 6.92 Å². The molecule has 0 fully saturated rings. The highest BCUT2D eigenvalue weighted by Crippen LogP contribution is 2.63. The highest BCUT2D eigenvalue weighted by molar-refractivity contribution is 6.01. The van der Waals surface area contributed by atoms with Crippen molar-refractivity contribution < 1.29 is 0 Å². The van der Waals surface area contributed by atoms with E-state index in [1.54, 1.807) is 0 Å². The Balaban J connectivity index is 0.919. The Hall–Kier alpha value is -10.1. The number of aryl methyl sites for hydroxylation is 1. The second-order valence-corrected chi connectivity index (χ2v) is 23.3. The Kier molecular flexibility index (Phi) is 12.1. The fraction of sp³-hybridized carbons (Fsp3) is 0.0602. The zero-order chi connectivity index (χ0) is 55.7. The van der Waals surface area contributed by atoms with Gasteiger partial charge in [-0.25, -0.2) is 0 Å². The molecule has 0 aliphatic heterocycles. The molecule has 2 aliphatic carbocycles. The van der Waals surface area contributed by atoms with Crippen LogP contribution in [0.1, 0.15) is 52.8 Å². The molecule has 0 heterocycles. The Labute approximate surface area is 488 Å². The van der Waals surface area contributed by atoms with E-state index in [2.05, 4.69) is 330 Å². The summed E-state index contributed by atoms with van der Waals surface area (Å²) in [4.78, 5) is 0. The van der Waals surface area contributed by atoms with Crippen LogP contribution in [0.5, 0.6) is 0 Å². The highest BCUT2D eigenvalue weighted by Gasteiger charge is 2.50. The van der Waals surface area contributed by atoms with Crippen LogP contribution in [0.2, 0.25) is 0 Å². The Bertz CT molecular complexity index is 4290. The van der Waals surface area contributed by atoms with E-state index in [1.165, 1.54) is 150 Å². The lowest BCUT2D eigenvalue weighted by Gasteiger charge is -2.35. The molecule has 2 aliphatic rings. The van der Waals surface area contributed by atoms with Crippen LogP contribution in [-0.2, 0) is 10.8 Å². The van der Waals surface area contributed by atoms with E-state index in [-0.39, 0.29) is 5.41 Å². The minimum Gasteiger partial charge on any atom is -0.0622 e. The Morgan fingerprint density at radius 3 is 0.964 bits per heavy atom. The predicted molar refractivity (Wildman–Crippen MR) is 350 cm³/mol. The largest absolute Gasteiger partial charge is 0.0714 e. The monoisotopic (exact) mass is 1060 g/mol. The van der Waals surface area contributed by atoms with Crippen molar-refractivity contribution in [3.63, 3.8) is 0 Å². The van der Waals surface area contributed by atoms with E-state index >= 15 is 0 Å². The molecule has 0 saturated heterocycles. The molecule has 0 saturated carbocycles. The average molecular weight is 1060 g/mol. The molecule has 0 radical (unpaired) electrons. The topological polar surface area (TPSA) is 0 Å². The van der Waals surface area contributed by atoms with Gasteiger partial charge in [-0.15, -0.1) is 0 Å². The Morgan fingerprint density at radius 2 is 0.518 bits per heavy atom. The fourth-order valence-electron chi connectivity index (χ4n) is 13.9. The van der Waals surface area contributed by atoms with Crippen LogP contribution in [0.15, 0.2) is 309 Å². The van der Waals surface area contributed by atoms with E-state index in [0.29, 0.717) is 0 Å². The molecule has 0 unspecified atom stereocenters. The van der Waals surface area contributed by atoms with Gasteiger partial charge in [0.25, 0.3) is 0 Å². The van der Waals surface area contributed by atoms with Crippen molar-refractivity contribution in [3.8, 4) is 111 Å². The summed E-state index contributed by atoms with van der Waals surface area (Å²) in [5.41, 5.74) is 32.7. The molecular weight excluding hydrogens is 997 g/mol. The summed E-state index contributed by atoms with van der Waals surface area (Å²) < 4.78 is 0.